The van der Waals surface area contributed by atoms with Crippen LogP contribution in [0.5, 0.6) is 0 Å². The van der Waals surface area contributed by atoms with Gasteiger partial charge in [-0.1, -0.05) is 0 Å². The summed E-state index contributed by atoms with van der Waals surface area (Å²) in [6.45, 7) is 3.35. The Morgan fingerprint density at radius 3 is 1.93 bits per heavy atom. The van der Waals surface area contributed by atoms with Crippen molar-refractivity contribution >= 4 is 17.7 Å². The van der Waals surface area contributed by atoms with E-state index in [9.17, 15) is 9.59 Å². The molecule has 0 aliphatic carbocycles. The van der Waals surface area contributed by atoms with Gasteiger partial charge in [0.1, 0.15) is 0 Å². The zero-order valence-corrected chi connectivity index (χ0v) is 7.94. The molecule has 0 unspecified atom stereocenters. The van der Waals surface area contributed by atoms with Gasteiger partial charge in [0, 0.05) is 0 Å². The molecule has 0 saturated heterocycles. The van der Waals surface area contributed by atoms with Gasteiger partial charge in [0.25, 0.3) is 0 Å². The molecule has 6 nitrogen and oxygen atoms in total. The molecule has 0 radical (unpaired) electrons. The lowest BCUT2D eigenvalue weighted by atomic mass is 10.4. The fourth-order valence-corrected chi connectivity index (χ4v) is 0.624. The third-order valence-corrected chi connectivity index (χ3v) is 1.10. The molecule has 14 heavy (non-hydrogen) atoms. The fraction of sp³-hybridized carbons (Fsp3) is 0.500. The molecule has 0 amide bonds. The van der Waals surface area contributed by atoms with Crippen LogP contribution in [0.3, 0.4) is 0 Å². The zero-order valence-electron chi connectivity index (χ0n) is 7.94. The summed E-state index contributed by atoms with van der Waals surface area (Å²) in [5.41, 5.74) is -0.629. The monoisotopic (exact) mass is 198 g/mol. The summed E-state index contributed by atoms with van der Waals surface area (Å²) in [4.78, 5) is 25.1. The predicted molar refractivity (Wildman–Crippen MR) is 46.3 cm³/mol. The van der Waals surface area contributed by atoms with Crippen molar-refractivity contribution in [2.24, 2.45) is 4.99 Å². The molecule has 0 aliphatic heterocycles. The van der Waals surface area contributed by atoms with Crippen LogP contribution in [0.4, 0.5) is 0 Å². The quantitative estimate of drug-likeness (QED) is 0.275. The molecule has 0 saturated carbocycles. The highest BCUT2D eigenvalue weighted by Crippen LogP contribution is 1.90. The van der Waals surface area contributed by atoms with E-state index < -0.39 is 17.7 Å². The molecule has 0 fully saturated rings. The lowest BCUT2D eigenvalue weighted by Crippen LogP contribution is -2.28. The number of nitrogens with zero attached hydrogens (tertiary/aromatic N) is 2. The Balaban J connectivity index is 4.62. The lowest BCUT2D eigenvalue weighted by Gasteiger charge is -2.02. The van der Waals surface area contributed by atoms with E-state index in [2.05, 4.69) is 14.5 Å². The first-order valence-electron chi connectivity index (χ1n) is 3.98. The summed E-state index contributed by atoms with van der Waals surface area (Å²) >= 11 is 0. The van der Waals surface area contributed by atoms with Crippen molar-refractivity contribution in [1.82, 2.24) is 0 Å². The minimum atomic E-state index is -0.951. The van der Waals surface area contributed by atoms with Crippen molar-refractivity contribution in [2.45, 2.75) is 13.8 Å². The van der Waals surface area contributed by atoms with Crippen LogP contribution < -0.4 is 0 Å². The molecule has 0 aromatic heterocycles. The Morgan fingerprint density at radius 2 is 1.64 bits per heavy atom. The molecule has 0 aliphatic rings. The summed E-state index contributed by atoms with van der Waals surface area (Å²) < 4.78 is 9.00. The highest BCUT2D eigenvalue weighted by molar-refractivity contribution is 6.62. The van der Waals surface area contributed by atoms with Gasteiger partial charge in [-0.2, -0.15) is 10.3 Å². The third kappa shape index (κ3) is 3.67. The van der Waals surface area contributed by atoms with E-state index in [1.807, 2.05) is 0 Å². The molecule has 0 aromatic rings. The average Bonchev–Trinajstić information content (AvgIpc) is 2.14. The van der Waals surface area contributed by atoms with Crippen molar-refractivity contribution in [1.29, 1.82) is 5.26 Å². The predicted octanol–water partition coefficient (Wildman–Crippen LogP) is 0.0347. The SMILES string of the molecule is CCOC(=O)C(=NC#N)C(=O)OCC. The molecule has 0 N–H and O–H groups in total. The number of carbonyl (C=O) groups is 2. The zero-order chi connectivity index (χ0) is 11.0. The lowest BCUT2D eigenvalue weighted by molar-refractivity contribution is -0.140. The maximum Gasteiger partial charge on any atom is 0.365 e. The van der Waals surface area contributed by atoms with E-state index >= 15 is 0 Å². The van der Waals surface area contributed by atoms with Gasteiger partial charge >= 0.3 is 11.9 Å². The Morgan fingerprint density at radius 1 is 1.21 bits per heavy atom. The van der Waals surface area contributed by atoms with E-state index in [4.69, 9.17) is 5.26 Å². The first-order chi connectivity index (χ1) is 6.67. The van der Waals surface area contributed by atoms with Crippen molar-refractivity contribution in [3.05, 3.63) is 0 Å². The fourth-order valence-electron chi connectivity index (χ4n) is 0.624. The van der Waals surface area contributed by atoms with Gasteiger partial charge in [0.05, 0.1) is 13.2 Å². The summed E-state index contributed by atoms with van der Waals surface area (Å²) in [5.74, 6) is -1.90. The van der Waals surface area contributed by atoms with E-state index in [1.165, 1.54) is 6.19 Å². The second kappa shape index (κ2) is 6.60. The summed E-state index contributed by atoms with van der Waals surface area (Å²) in [7, 11) is 0. The molecule has 0 aromatic carbocycles. The molecular weight excluding hydrogens is 188 g/mol. The van der Waals surface area contributed by atoms with Crippen LogP contribution >= 0.6 is 0 Å². The first kappa shape index (κ1) is 12.1. The van der Waals surface area contributed by atoms with Crippen molar-refractivity contribution in [3.63, 3.8) is 0 Å². The topological polar surface area (TPSA) is 88.8 Å². The third-order valence-electron chi connectivity index (χ3n) is 1.10. The molecule has 0 bridgehead atoms. The molecule has 6 heteroatoms. The van der Waals surface area contributed by atoms with Crippen LogP contribution in [0.2, 0.25) is 0 Å². The van der Waals surface area contributed by atoms with Crippen LogP contribution in [0, 0.1) is 11.5 Å². The molecule has 0 rings (SSSR count). The van der Waals surface area contributed by atoms with Crippen molar-refractivity contribution in [3.8, 4) is 6.19 Å². The van der Waals surface area contributed by atoms with Crippen molar-refractivity contribution < 1.29 is 19.1 Å². The van der Waals surface area contributed by atoms with Crippen LogP contribution in [0.1, 0.15) is 13.8 Å². The van der Waals surface area contributed by atoms with Gasteiger partial charge < -0.3 is 9.47 Å². The Hall–Kier alpha value is -1.90. The second-order valence-electron chi connectivity index (χ2n) is 2.00. The van der Waals surface area contributed by atoms with E-state index in [0.29, 0.717) is 0 Å². The molecule has 76 valence electrons. The Labute approximate surface area is 81.1 Å². The van der Waals surface area contributed by atoms with E-state index in [0.717, 1.165) is 0 Å². The maximum absolute atomic E-state index is 11.0. The van der Waals surface area contributed by atoms with E-state index in [1.54, 1.807) is 13.8 Å². The number of rotatable bonds is 4. The number of ether oxygens (including phenoxy) is 2. The van der Waals surface area contributed by atoms with Gasteiger partial charge in [-0.3, -0.25) is 0 Å². The number of carbonyl (C=O) groups excluding carboxylic acids is 2. The van der Waals surface area contributed by atoms with Crippen LogP contribution in [-0.2, 0) is 19.1 Å². The smallest absolute Gasteiger partial charge is 0.365 e. The maximum atomic E-state index is 11.0. The van der Waals surface area contributed by atoms with E-state index in [-0.39, 0.29) is 13.2 Å². The number of hydrogen-bond donors (Lipinski definition) is 0. The van der Waals surface area contributed by atoms with Crippen molar-refractivity contribution in [2.75, 3.05) is 13.2 Å². The Kier molecular flexibility index (Phi) is 5.70. The van der Waals surface area contributed by atoms with Gasteiger partial charge in [-0.15, -0.1) is 0 Å². The van der Waals surface area contributed by atoms with Crippen LogP contribution in [0.25, 0.3) is 0 Å². The summed E-state index contributed by atoms with van der Waals surface area (Å²) in [6, 6.07) is 0. The van der Waals surface area contributed by atoms with Gasteiger partial charge in [-0.05, 0) is 13.8 Å². The molecule has 0 heterocycles. The highest BCUT2D eigenvalue weighted by Gasteiger charge is 2.23. The molecule has 0 spiro atoms. The summed E-state index contributed by atoms with van der Waals surface area (Å²) in [5, 5.41) is 8.22. The minimum Gasteiger partial charge on any atom is -0.461 e. The normalized spacial score (nSPS) is 8.36. The van der Waals surface area contributed by atoms with Gasteiger partial charge in [0.2, 0.25) is 11.9 Å². The Bertz CT molecular complexity index is 270. The number of esters is 2. The van der Waals surface area contributed by atoms with Gasteiger partial charge in [-0.25, -0.2) is 9.59 Å². The van der Waals surface area contributed by atoms with Crippen LogP contribution in [-0.4, -0.2) is 30.9 Å². The number of hydrogen-bond acceptors (Lipinski definition) is 6. The number of aliphatic imine (C=N–C) groups is 1. The van der Waals surface area contributed by atoms with Crippen LogP contribution in [0.15, 0.2) is 4.99 Å². The second-order valence-corrected chi connectivity index (χ2v) is 2.00. The largest absolute Gasteiger partial charge is 0.461 e. The van der Waals surface area contributed by atoms with Gasteiger partial charge in [0.15, 0.2) is 0 Å². The number of nitriles is 1. The standard InChI is InChI=1S/C8H10N2O4/c1-3-13-7(11)6(10-5-9)8(12)14-4-2/h3-4H2,1-2H3. The molecular formula is C8H10N2O4. The molecule has 0 atom stereocenters. The highest BCUT2D eigenvalue weighted by atomic mass is 16.6. The average molecular weight is 198 g/mol. The summed E-state index contributed by atoms with van der Waals surface area (Å²) in [6.07, 6.45) is 1.33. The first-order valence-corrected chi connectivity index (χ1v) is 3.98. The minimum absolute atomic E-state index is 0.0999.